The average molecular weight is 312 g/mol. The van der Waals surface area contributed by atoms with E-state index in [9.17, 15) is 13.2 Å². The molecule has 0 unspecified atom stereocenters. The maximum absolute atomic E-state index is 12.8. The van der Waals surface area contributed by atoms with Gasteiger partial charge in [-0.15, -0.1) is 0 Å². The van der Waals surface area contributed by atoms with Crippen LogP contribution < -0.4 is 4.31 Å². The smallest absolute Gasteiger partial charge is 0.305 e. The Morgan fingerprint density at radius 3 is 2.48 bits per heavy atom. The van der Waals surface area contributed by atoms with Crippen molar-refractivity contribution in [1.82, 2.24) is 4.31 Å². The van der Waals surface area contributed by atoms with E-state index in [2.05, 4.69) is 0 Å². The molecule has 1 saturated heterocycles. The summed E-state index contributed by atoms with van der Waals surface area (Å²) in [6.07, 6.45) is 1.47. The van der Waals surface area contributed by atoms with Gasteiger partial charge in [0, 0.05) is 19.6 Å². The second kappa shape index (κ2) is 6.44. The molecule has 1 aromatic carbocycles. The maximum atomic E-state index is 12.8. The first-order valence-electron chi connectivity index (χ1n) is 6.98. The molecule has 1 aliphatic heterocycles. The maximum Gasteiger partial charge on any atom is 0.305 e. The first-order chi connectivity index (χ1) is 9.93. The van der Waals surface area contributed by atoms with Crippen LogP contribution in [0.15, 0.2) is 24.3 Å². The van der Waals surface area contributed by atoms with Crippen LogP contribution >= 0.6 is 0 Å². The Labute approximate surface area is 125 Å². The quantitative estimate of drug-likeness (QED) is 0.866. The van der Waals surface area contributed by atoms with Crippen molar-refractivity contribution in [3.63, 3.8) is 0 Å². The lowest BCUT2D eigenvalue weighted by Crippen LogP contribution is -2.43. The number of carboxylic acids is 1. The Bertz CT molecular complexity index is 609. The highest BCUT2D eigenvalue weighted by atomic mass is 32.2. The molecule has 1 aliphatic rings. The van der Waals surface area contributed by atoms with Crippen molar-refractivity contribution >= 4 is 21.9 Å². The summed E-state index contributed by atoms with van der Waals surface area (Å²) in [6, 6.07) is 7.12. The minimum atomic E-state index is -3.67. The molecule has 6 nitrogen and oxygen atoms in total. The van der Waals surface area contributed by atoms with Gasteiger partial charge < -0.3 is 5.11 Å². The second-order valence-electron chi connectivity index (χ2n) is 5.12. The fourth-order valence-corrected chi connectivity index (χ4v) is 4.23. The molecule has 1 fully saturated rings. The lowest BCUT2D eigenvalue weighted by Gasteiger charge is -2.29. The van der Waals surface area contributed by atoms with E-state index in [1.54, 1.807) is 12.1 Å². The second-order valence-corrected chi connectivity index (χ2v) is 6.97. The minimum absolute atomic E-state index is 0.0565. The van der Waals surface area contributed by atoms with E-state index in [1.807, 2.05) is 19.1 Å². The van der Waals surface area contributed by atoms with Crippen molar-refractivity contribution in [2.75, 3.05) is 23.9 Å². The fourth-order valence-electron chi connectivity index (χ4n) is 2.46. The number of carbonyl (C=O) groups is 1. The Hall–Kier alpha value is -1.60. The zero-order valence-electron chi connectivity index (χ0n) is 12.0. The van der Waals surface area contributed by atoms with E-state index >= 15 is 0 Å². The molecule has 0 aliphatic carbocycles. The summed E-state index contributed by atoms with van der Waals surface area (Å²) in [7, 11) is -3.67. The molecule has 0 atom stereocenters. The molecule has 1 heterocycles. The van der Waals surface area contributed by atoms with Gasteiger partial charge in [-0.05, 0) is 31.4 Å². The number of hydrogen-bond acceptors (Lipinski definition) is 3. The summed E-state index contributed by atoms with van der Waals surface area (Å²) in [6.45, 7) is 2.76. The minimum Gasteiger partial charge on any atom is -0.481 e. The SMILES string of the molecule is Cc1ccccc1N(CCC(=O)O)S(=O)(=O)N1CCCC1. The summed E-state index contributed by atoms with van der Waals surface area (Å²) < 4.78 is 28.2. The molecule has 116 valence electrons. The van der Waals surface area contributed by atoms with E-state index in [-0.39, 0.29) is 13.0 Å². The molecule has 0 saturated carbocycles. The lowest BCUT2D eigenvalue weighted by atomic mass is 10.2. The molecule has 0 radical (unpaired) electrons. The number of hydrogen-bond donors (Lipinski definition) is 1. The predicted octanol–water partition coefficient (Wildman–Crippen LogP) is 1.62. The third kappa shape index (κ3) is 3.54. The van der Waals surface area contributed by atoms with Crippen LogP contribution in [0.5, 0.6) is 0 Å². The predicted molar refractivity (Wildman–Crippen MR) is 80.5 cm³/mol. The van der Waals surface area contributed by atoms with Crippen molar-refractivity contribution in [3.8, 4) is 0 Å². The molecule has 0 amide bonds. The van der Waals surface area contributed by atoms with Gasteiger partial charge in [0.15, 0.2) is 0 Å². The van der Waals surface area contributed by atoms with E-state index < -0.39 is 16.2 Å². The van der Waals surface area contributed by atoms with Gasteiger partial charge in [-0.2, -0.15) is 12.7 Å². The van der Waals surface area contributed by atoms with Crippen LogP contribution in [0.4, 0.5) is 5.69 Å². The lowest BCUT2D eigenvalue weighted by molar-refractivity contribution is -0.136. The summed E-state index contributed by atoms with van der Waals surface area (Å²) >= 11 is 0. The van der Waals surface area contributed by atoms with E-state index in [1.165, 1.54) is 8.61 Å². The molecule has 0 aromatic heterocycles. The topological polar surface area (TPSA) is 77.9 Å². The van der Waals surface area contributed by atoms with Crippen molar-refractivity contribution in [2.24, 2.45) is 0 Å². The third-order valence-electron chi connectivity index (χ3n) is 3.58. The highest BCUT2D eigenvalue weighted by Gasteiger charge is 2.32. The largest absolute Gasteiger partial charge is 0.481 e. The Morgan fingerprint density at radius 1 is 1.29 bits per heavy atom. The number of nitrogens with zero attached hydrogens (tertiary/aromatic N) is 2. The zero-order chi connectivity index (χ0) is 15.5. The van der Waals surface area contributed by atoms with Crippen molar-refractivity contribution in [3.05, 3.63) is 29.8 Å². The van der Waals surface area contributed by atoms with Crippen LogP contribution in [0.1, 0.15) is 24.8 Å². The molecule has 21 heavy (non-hydrogen) atoms. The Kier molecular flexibility index (Phi) is 4.84. The standard InChI is InChI=1S/C14H20N2O4S/c1-12-6-2-3-7-13(12)16(11-8-14(17)18)21(19,20)15-9-4-5-10-15/h2-3,6-7H,4-5,8-11H2,1H3,(H,17,18). The number of para-hydroxylation sites is 1. The van der Waals surface area contributed by atoms with Crippen molar-refractivity contribution in [2.45, 2.75) is 26.2 Å². The Morgan fingerprint density at radius 2 is 1.90 bits per heavy atom. The zero-order valence-corrected chi connectivity index (χ0v) is 12.8. The van der Waals surface area contributed by atoms with Crippen LogP contribution in [0.25, 0.3) is 0 Å². The normalized spacial score (nSPS) is 16.0. The fraction of sp³-hybridized carbons (Fsp3) is 0.500. The molecule has 1 N–H and O–H groups in total. The number of aliphatic carboxylic acids is 1. The van der Waals surface area contributed by atoms with Gasteiger partial charge >= 0.3 is 16.2 Å². The van der Waals surface area contributed by atoms with Crippen LogP contribution in [0.3, 0.4) is 0 Å². The van der Waals surface area contributed by atoms with Gasteiger partial charge in [0.25, 0.3) is 0 Å². The number of carboxylic acid groups (broad SMARTS) is 1. The third-order valence-corrected chi connectivity index (χ3v) is 5.54. The first-order valence-corrected chi connectivity index (χ1v) is 8.38. The van der Waals surface area contributed by atoms with Crippen LogP contribution in [-0.2, 0) is 15.0 Å². The first kappa shape index (κ1) is 15.8. The molecule has 7 heteroatoms. The van der Waals surface area contributed by atoms with Crippen molar-refractivity contribution in [1.29, 1.82) is 0 Å². The van der Waals surface area contributed by atoms with Gasteiger partial charge in [0.2, 0.25) is 0 Å². The monoisotopic (exact) mass is 312 g/mol. The van der Waals surface area contributed by atoms with Gasteiger partial charge in [0.05, 0.1) is 12.1 Å². The number of benzene rings is 1. The summed E-state index contributed by atoms with van der Waals surface area (Å²) in [5, 5.41) is 8.87. The van der Waals surface area contributed by atoms with E-state index in [4.69, 9.17) is 5.11 Å². The molecule has 0 bridgehead atoms. The van der Waals surface area contributed by atoms with Gasteiger partial charge in [0.1, 0.15) is 0 Å². The number of rotatable bonds is 6. The van der Waals surface area contributed by atoms with Gasteiger partial charge in [-0.25, -0.2) is 0 Å². The highest BCUT2D eigenvalue weighted by Crippen LogP contribution is 2.26. The number of anilines is 1. The summed E-state index contributed by atoms with van der Waals surface area (Å²) in [5.74, 6) is -1.01. The summed E-state index contributed by atoms with van der Waals surface area (Å²) in [5.41, 5.74) is 1.36. The van der Waals surface area contributed by atoms with Crippen LogP contribution in [-0.4, -0.2) is 43.4 Å². The van der Waals surface area contributed by atoms with Gasteiger partial charge in [-0.3, -0.25) is 9.10 Å². The summed E-state index contributed by atoms with van der Waals surface area (Å²) in [4.78, 5) is 10.8. The van der Waals surface area contributed by atoms with Crippen molar-refractivity contribution < 1.29 is 18.3 Å². The van der Waals surface area contributed by atoms with E-state index in [0.29, 0.717) is 18.8 Å². The molecule has 0 spiro atoms. The molecule has 2 rings (SSSR count). The average Bonchev–Trinajstić information content (AvgIpc) is 2.95. The van der Waals surface area contributed by atoms with Crippen LogP contribution in [0.2, 0.25) is 0 Å². The molecule has 1 aromatic rings. The molecular formula is C14H20N2O4S. The Balaban J connectivity index is 2.36. The van der Waals surface area contributed by atoms with E-state index in [0.717, 1.165) is 18.4 Å². The molecular weight excluding hydrogens is 292 g/mol. The highest BCUT2D eigenvalue weighted by molar-refractivity contribution is 7.90. The van der Waals surface area contributed by atoms with Crippen LogP contribution in [0, 0.1) is 6.92 Å². The number of aryl methyl sites for hydroxylation is 1. The van der Waals surface area contributed by atoms with Gasteiger partial charge in [-0.1, -0.05) is 18.2 Å².